The molecule has 6 heteroatoms. The standard InChI is InChI=1S/C21H34N4O2/c1-5-25(6-2)19-11-7-10-18(13-20(26)23(3)16-19)21(27)24(4)15-17-9-8-12-22-14-17/h8-9,12,14,18-19H,5-7,10-11,13,15-16H2,1-4H3/t18-,19-/m1/s1. The van der Waals surface area contributed by atoms with E-state index in [2.05, 4.69) is 23.7 Å². The molecule has 27 heavy (non-hydrogen) atoms. The first kappa shape index (κ1) is 21.4. The van der Waals surface area contributed by atoms with Crippen LogP contribution in [0.2, 0.25) is 0 Å². The molecular formula is C21H34N4O2. The third-order valence-corrected chi connectivity index (χ3v) is 5.62. The number of rotatable bonds is 6. The van der Waals surface area contributed by atoms with Crippen LogP contribution in [-0.4, -0.2) is 71.3 Å². The third kappa shape index (κ3) is 6.03. The number of nitrogens with zero attached hydrogens (tertiary/aromatic N) is 4. The molecule has 0 saturated carbocycles. The number of amides is 2. The third-order valence-electron chi connectivity index (χ3n) is 5.62. The lowest BCUT2D eigenvalue weighted by molar-refractivity contribution is -0.140. The average molecular weight is 375 g/mol. The molecule has 1 aromatic heterocycles. The van der Waals surface area contributed by atoms with E-state index in [1.807, 2.05) is 31.1 Å². The Kier molecular flexibility index (Phi) is 8.23. The fourth-order valence-corrected chi connectivity index (χ4v) is 3.98. The molecule has 0 aromatic carbocycles. The summed E-state index contributed by atoms with van der Waals surface area (Å²) in [5.74, 6) is -0.110. The van der Waals surface area contributed by atoms with Gasteiger partial charge in [-0.25, -0.2) is 0 Å². The molecule has 6 nitrogen and oxygen atoms in total. The van der Waals surface area contributed by atoms with Crippen LogP contribution in [0.3, 0.4) is 0 Å². The Bertz CT molecular complexity index is 603. The molecule has 1 aliphatic heterocycles. The highest BCUT2D eigenvalue weighted by atomic mass is 16.2. The van der Waals surface area contributed by atoms with Crippen molar-refractivity contribution in [1.29, 1.82) is 0 Å². The predicted octanol–water partition coefficient (Wildman–Crippen LogP) is 2.40. The van der Waals surface area contributed by atoms with Crippen LogP contribution in [0.25, 0.3) is 0 Å². The van der Waals surface area contributed by atoms with E-state index < -0.39 is 0 Å². The second-order valence-electron chi connectivity index (χ2n) is 7.54. The maximum atomic E-state index is 13.0. The van der Waals surface area contributed by atoms with E-state index in [0.717, 1.165) is 44.5 Å². The number of carbonyl (C=O) groups excluding carboxylic acids is 2. The molecule has 0 aliphatic carbocycles. The lowest BCUT2D eigenvalue weighted by Crippen LogP contribution is -2.44. The molecule has 2 heterocycles. The first-order valence-corrected chi connectivity index (χ1v) is 10.1. The second kappa shape index (κ2) is 10.4. The second-order valence-corrected chi connectivity index (χ2v) is 7.54. The van der Waals surface area contributed by atoms with Crippen molar-refractivity contribution < 1.29 is 9.59 Å². The average Bonchev–Trinajstić information content (AvgIpc) is 2.73. The minimum atomic E-state index is -0.239. The van der Waals surface area contributed by atoms with E-state index in [-0.39, 0.29) is 17.7 Å². The van der Waals surface area contributed by atoms with Gasteiger partial charge in [0.2, 0.25) is 11.8 Å². The minimum Gasteiger partial charge on any atom is -0.344 e. The molecule has 2 atom stereocenters. The molecule has 0 unspecified atom stereocenters. The quantitative estimate of drug-likeness (QED) is 0.767. The molecule has 1 aliphatic rings. The largest absolute Gasteiger partial charge is 0.344 e. The van der Waals surface area contributed by atoms with Crippen molar-refractivity contribution in [2.45, 2.75) is 52.1 Å². The summed E-state index contributed by atoms with van der Waals surface area (Å²) in [6.07, 6.45) is 6.57. The Balaban J connectivity index is 2.04. The van der Waals surface area contributed by atoms with Gasteiger partial charge in [-0.15, -0.1) is 0 Å². The van der Waals surface area contributed by atoms with Gasteiger partial charge >= 0.3 is 0 Å². The van der Waals surface area contributed by atoms with E-state index in [1.54, 1.807) is 17.3 Å². The van der Waals surface area contributed by atoms with Crippen molar-refractivity contribution in [3.8, 4) is 0 Å². The lowest BCUT2D eigenvalue weighted by atomic mass is 9.95. The summed E-state index contributed by atoms with van der Waals surface area (Å²) in [6, 6.07) is 4.21. The molecule has 0 radical (unpaired) electrons. The van der Waals surface area contributed by atoms with Crippen molar-refractivity contribution in [2.75, 3.05) is 33.7 Å². The molecule has 0 N–H and O–H groups in total. The van der Waals surface area contributed by atoms with Crippen LogP contribution in [-0.2, 0) is 16.1 Å². The van der Waals surface area contributed by atoms with Gasteiger partial charge in [0.1, 0.15) is 0 Å². The Hall–Kier alpha value is -1.95. The van der Waals surface area contributed by atoms with Gasteiger partial charge in [0.05, 0.1) is 0 Å². The Morgan fingerprint density at radius 1 is 1.30 bits per heavy atom. The van der Waals surface area contributed by atoms with E-state index in [0.29, 0.717) is 19.0 Å². The topological polar surface area (TPSA) is 56.8 Å². The van der Waals surface area contributed by atoms with Gasteiger partial charge in [-0.1, -0.05) is 26.3 Å². The fourth-order valence-electron chi connectivity index (χ4n) is 3.98. The van der Waals surface area contributed by atoms with Crippen molar-refractivity contribution in [2.24, 2.45) is 5.92 Å². The van der Waals surface area contributed by atoms with Crippen LogP contribution in [0.1, 0.15) is 45.1 Å². The molecule has 150 valence electrons. The summed E-state index contributed by atoms with van der Waals surface area (Å²) in [7, 11) is 3.68. The van der Waals surface area contributed by atoms with Gasteiger partial charge in [0.25, 0.3) is 0 Å². The van der Waals surface area contributed by atoms with Crippen molar-refractivity contribution in [3.05, 3.63) is 30.1 Å². The maximum absolute atomic E-state index is 13.0. The number of pyridine rings is 1. The van der Waals surface area contributed by atoms with Gasteiger partial charge in [0, 0.05) is 58.0 Å². The summed E-state index contributed by atoms with van der Waals surface area (Å²) in [4.78, 5) is 35.7. The Morgan fingerprint density at radius 2 is 2.04 bits per heavy atom. The monoisotopic (exact) mass is 374 g/mol. The minimum absolute atomic E-state index is 0.0573. The first-order valence-electron chi connectivity index (χ1n) is 10.1. The zero-order valence-corrected chi connectivity index (χ0v) is 17.2. The van der Waals surface area contributed by atoms with Crippen molar-refractivity contribution in [1.82, 2.24) is 19.7 Å². The maximum Gasteiger partial charge on any atom is 0.226 e. The number of aromatic nitrogens is 1. The Morgan fingerprint density at radius 3 is 2.67 bits per heavy atom. The molecule has 2 rings (SSSR count). The number of likely N-dealkylation sites (N-methyl/N-ethyl adjacent to an activating group) is 2. The highest BCUT2D eigenvalue weighted by molar-refractivity contribution is 5.85. The van der Waals surface area contributed by atoms with E-state index in [1.165, 1.54) is 0 Å². The van der Waals surface area contributed by atoms with Gasteiger partial charge < -0.3 is 9.80 Å². The van der Waals surface area contributed by atoms with E-state index in [9.17, 15) is 9.59 Å². The summed E-state index contributed by atoms with van der Waals surface area (Å²) in [5, 5.41) is 0. The van der Waals surface area contributed by atoms with E-state index >= 15 is 0 Å². The number of hydrogen-bond acceptors (Lipinski definition) is 4. The zero-order valence-electron chi connectivity index (χ0n) is 17.2. The van der Waals surface area contributed by atoms with Crippen LogP contribution in [0, 0.1) is 5.92 Å². The molecule has 2 amide bonds. The molecule has 1 saturated heterocycles. The smallest absolute Gasteiger partial charge is 0.226 e. The van der Waals surface area contributed by atoms with Crippen LogP contribution in [0.4, 0.5) is 0 Å². The zero-order chi connectivity index (χ0) is 19.8. The fraction of sp³-hybridized carbons (Fsp3) is 0.667. The number of hydrogen-bond donors (Lipinski definition) is 0. The van der Waals surface area contributed by atoms with Crippen LogP contribution in [0.15, 0.2) is 24.5 Å². The summed E-state index contributed by atoms with van der Waals surface area (Å²) in [5.41, 5.74) is 1.00. The molecule has 0 bridgehead atoms. The normalized spacial score (nSPS) is 21.5. The summed E-state index contributed by atoms with van der Waals surface area (Å²) < 4.78 is 0. The highest BCUT2D eigenvalue weighted by Gasteiger charge is 2.30. The summed E-state index contributed by atoms with van der Waals surface area (Å²) in [6.45, 7) is 7.57. The van der Waals surface area contributed by atoms with Crippen molar-refractivity contribution in [3.63, 3.8) is 0 Å². The van der Waals surface area contributed by atoms with Crippen LogP contribution >= 0.6 is 0 Å². The van der Waals surface area contributed by atoms with Gasteiger partial charge in [-0.3, -0.25) is 19.5 Å². The van der Waals surface area contributed by atoms with E-state index in [4.69, 9.17) is 0 Å². The molecule has 1 aromatic rings. The van der Waals surface area contributed by atoms with Gasteiger partial charge in [-0.2, -0.15) is 0 Å². The molecule has 0 spiro atoms. The Labute approximate surface area is 163 Å². The first-order chi connectivity index (χ1) is 13.0. The highest BCUT2D eigenvalue weighted by Crippen LogP contribution is 2.22. The van der Waals surface area contributed by atoms with Crippen molar-refractivity contribution >= 4 is 11.8 Å². The predicted molar refractivity (Wildman–Crippen MR) is 107 cm³/mol. The van der Waals surface area contributed by atoms with Gasteiger partial charge in [-0.05, 0) is 37.6 Å². The van der Waals surface area contributed by atoms with Gasteiger partial charge in [0.15, 0.2) is 0 Å². The SMILES string of the molecule is CCN(CC)[C@@H]1CCC[C@@H](C(=O)N(C)Cc2cccnc2)CC(=O)N(C)C1. The molecule has 1 fully saturated rings. The number of carbonyl (C=O) groups is 2. The molecular weight excluding hydrogens is 340 g/mol. The lowest BCUT2D eigenvalue weighted by Gasteiger charge is -2.32. The van der Waals surface area contributed by atoms with Crippen LogP contribution < -0.4 is 0 Å². The summed E-state index contributed by atoms with van der Waals surface area (Å²) >= 11 is 0. The van der Waals surface area contributed by atoms with Crippen LogP contribution in [0.5, 0.6) is 0 Å².